The van der Waals surface area contributed by atoms with Crippen molar-refractivity contribution in [2.75, 3.05) is 5.32 Å². The second kappa shape index (κ2) is 9.07. The fourth-order valence-electron chi connectivity index (χ4n) is 8.01. The highest BCUT2D eigenvalue weighted by Crippen LogP contribution is 2.61. The number of hydrogen-bond donors (Lipinski definition) is 2. The maximum absolute atomic E-state index is 4.03. The fraction of sp³-hybridized carbons (Fsp3) is 0.0233. The molecule has 0 fully saturated rings. The topological polar surface area (TPSA) is 27.8 Å². The molecule has 2 heteroatoms. The lowest BCUT2D eigenvalue weighted by atomic mass is 9.63. The fourth-order valence-corrected chi connectivity index (χ4v) is 8.01. The van der Waals surface area contributed by atoms with Crippen molar-refractivity contribution in [3.8, 4) is 11.1 Å². The number of rotatable bonds is 3. The Labute approximate surface area is 261 Å². The van der Waals surface area contributed by atoms with E-state index in [-0.39, 0.29) is 0 Å². The number of allylic oxidation sites excluding steroid dienone is 7. The highest BCUT2D eigenvalue weighted by molar-refractivity contribution is 6.13. The van der Waals surface area contributed by atoms with Gasteiger partial charge in [0, 0.05) is 38.8 Å². The van der Waals surface area contributed by atoms with E-state index in [1.165, 1.54) is 66.4 Å². The molecule has 1 heterocycles. The van der Waals surface area contributed by atoms with Crippen LogP contribution in [-0.4, -0.2) is 4.98 Å². The first-order valence-electron chi connectivity index (χ1n) is 15.6. The van der Waals surface area contributed by atoms with Crippen LogP contribution < -0.4 is 5.32 Å². The van der Waals surface area contributed by atoms with Crippen LogP contribution in [0.25, 0.3) is 56.2 Å². The van der Waals surface area contributed by atoms with E-state index >= 15 is 0 Å². The van der Waals surface area contributed by atoms with Crippen LogP contribution in [0.4, 0.5) is 5.69 Å². The van der Waals surface area contributed by atoms with E-state index in [0.29, 0.717) is 0 Å². The number of benzene rings is 5. The maximum atomic E-state index is 4.03. The predicted molar refractivity (Wildman–Crippen MR) is 189 cm³/mol. The molecule has 0 saturated carbocycles. The highest BCUT2D eigenvalue weighted by Gasteiger charge is 2.48. The zero-order valence-corrected chi connectivity index (χ0v) is 24.5. The van der Waals surface area contributed by atoms with Crippen LogP contribution in [0.2, 0.25) is 0 Å². The van der Waals surface area contributed by atoms with Crippen molar-refractivity contribution >= 4 is 50.8 Å². The lowest BCUT2D eigenvalue weighted by Crippen LogP contribution is -2.33. The molecular formula is C43H28N2. The van der Waals surface area contributed by atoms with Gasteiger partial charge in [-0.15, -0.1) is 0 Å². The van der Waals surface area contributed by atoms with E-state index in [9.17, 15) is 0 Å². The van der Waals surface area contributed by atoms with Gasteiger partial charge >= 0.3 is 0 Å². The van der Waals surface area contributed by atoms with Crippen LogP contribution in [0.3, 0.4) is 0 Å². The third-order valence-corrected chi connectivity index (χ3v) is 10.0. The summed E-state index contributed by atoms with van der Waals surface area (Å²) < 4.78 is 0. The number of para-hydroxylation sites is 3. The summed E-state index contributed by atoms with van der Waals surface area (Å²) in [6, 6.07) is 41.4. The monoisotopic (exact) mass is 572 g/mol. The van der Waals surface area contributed by atoms with Gasteiger partial charge in [0.15, 0.2) is 0 Å². The van der Waals surface area contributed by atoms with Crippen molar-refractivity contribution in [1.82, 2.24) is 4.98 Å². The highest BCUT2D eigenvalue weighted by atomic mass is 14.9. The van der Waals surface area contributed by atoms with Crippen molar-refractivity contribution in [1.29, 1.82) is 0 Å². The minimum absolute atomic E-state index is 0.466. The molecule has 10 rings (SSSR count). The number of nitrogens with one attached hydrogen (secondary N) is 2. The summed E-state index contributed by atoms with van der Waals surface area (Å²) in [5.74, 6) is 0. The molecule has 6 aromatic rings. The Balaban J connectivity index is 1.17. The minimum Gasteiger partial charge on any atom is -0.357 e. The molecule has 0 amide bonds. The van der Waals surface area contributed by atoms with Gasteiger partial charge < -0.3 is 10.3 Å². The van der Waals surface area contributed by atoms with Crippen LogP contribution in [0, 0.1) is 5.41 Å². The summed E-state index contributed by atoms with van der Waals surface area (Å²) in [7, 11) is 0. The quantitative estimate of drug-likeness (QED) is 0.217. The Bertz CT molecular complexity index is 2430. The van der Waals surface area contributed by atoms with Crippen molar-refractivity contribution in [2.45, 2.75) is 0 Å². The van der Waals surface area contributed by atoms with Crippen molar-refractivity contribution in [3.63, 3.8) is 0 Å². The SMILES string of the molecule is C1=CC2(C(Nc3ccccc3-c3cccc4c3[nH]c3ccccc34)=CC=C3C2=Cc2ccccc23)C2=Cc3ccccc3C2=C1. The molecule has 4 aliphatic carbocycles. The van der Waals surface area contributed by atoms with E-state index in [0.717, 1.165) is 22.4 Å². The Hall–Kier alpha value is -5.86. The molecule has 1 spiro atoms. The molecule has 210 valence electrons. The van der Waals surface area contributed by atoms with Gasteiger partial charge in [-0.2, -0.15) is 0 Å². The zero-order chi connectivity index (χ0) is 29.5. The van der Waals surface area contributed by atoms with Crippen molar-refractivity contribution in [2.24, 2.45) is 5.41 Å². The van der Waals surface area contributed by atoms with Gasteiger partial charge in [0.1, 0.15) is 0 Å². The van der Waals surface area contributed by atoms with Gasteiger partial charge in [-0.1, -0.05) is 127 Å². The zero-order valence-electron chi connectivity index (χ0n) is 24.5. The third kappa shape index (κ3) is 3.34. The van der Waals surface area contributed by atoms with Crippen LogP contribution in [0.5, 0.6) is 0 Å². The summed E-state index contributed by atoms with van der Waals surface area (Å²) >= 11 is 0. The Morgan fingerprint density at radius 2 is 1.13 bits per heavy atom. The Morgan fingerprint density at radius 1 is 0.511 bits per heavy atom. The Kier molecular flexibility index (Phi) is 4.95. The molecule has 1 unspecified atom stereocenters. The standard InChI is InChI=1S/C43H28N2/c1-3-13-29-27(11-1)25-37-31(29)19-10-24-43(37)38-26-28-12-2-4-14-30(28)32(38)22-23-41(43)44-39-20-7-5-15-33(39)35-17-9-18-36-34-16-6-8-21-40(34)45-42(35)36/h1-26,44-45H. The maximum Gasteiger partial charge on any atom is 0.0798 e. The third-order valence-electron chi connectivity index (χ3n) is 10.0. The lowest BCUT2D eigenvalue weighted by molar-refractivity contribution is 0.701. The average Bonchev–Trinajstić information content (AvgIpc) is 3.79. The lowest BCUT2D eigenvalue weighted by Gasteiger charge is -2.42. The van der Waals surface area contributed by atoms with Crippen LogP contribution >= 0.6 is 0 Å². The molecule has 0 saturated heterocycles. The average molecular weight is 573 g/mol. The van der Waals surface area contributed by atoms with Crippen LogP contribution in [0.15, 0.2) is 162 Å². The molecule has 4 aliphatic rings. The number of H-pyrrole nitrogens is 1. The molecule has 2 nitrogen and oxygen atoms in total. The summed E-state index contributed by atoms with van der Waals surface area (Å²) in [5.41, 5.74) is 16.9. The number of anilines is 1. The molecular weight excluding hydrogens is 544 g/mol. The van der Waals surface area contributed by atoms with E-state index in [1.807, 2.05) is 0 Å². The predicted octanol–water partition coefficient (Wildman–Crippen LogP) is 10.8. The Morgan fingerprint density at radius 3 is 1.93 bits per heavy atom. The molecule has 45 heavy (non-hydrogen) atoms. The number of aromatic amines is 1. The number of aromatic nitrogens is 1. The molecule has 1 atom stereocenters. The second-order valence-corrected chi connectivity index (χ2v) is 12.3. The van der Waals surface area contributed by atoms with Gasteiger partial charge in [-0.3, -0.25) is 0 Å². The van der Waals surface area contributed by atoms with Gasteiger partial charge in [-0.05, 0) is 74.9 Å². The minimum atomic E-state index is -0.466. The van der Waals surface area contributed by atoms with E-state index in [4.69, 9.17) is 0 Å². The first kappa shape index (κ1) is 24.6. The number of hydrogen-bond acceptors (Lipinski definition) is 1. The number of fused-ring (bicyclic) bond motifs is 11. The van der Waals surface area contributed by atoms with Gasteiger partial charge in [-0.25, -0.2) is 0 Å². The first-order valence-corrected chi connectivity index (χ1v) is 15.6. The van der Waals surface area contributed by atoms with Gasteiger partial charge in [0.05, 0.1) is 10.9 Å². The molecule has 0 radical (unpaired) electrons. The largest absolute Gasteiger partial charge is 0.357 e. The summed E-state index contributed by atoms with van der Waals surface area (Å²) in [4.78, 5) is 3.72. The molecule has 0 aliphatic heterocycles. The van der Waals surface area contributed by atoms with Crippen molar-refractivity contribution in [3.05, 3.63) is 185 Å². The smallest absolute Gasteiger partial charge is 0.0798 e. The van der Waals surface area contributed by atoms with Crippen LogP contribution in [0.1, 0.15) is 22.3 Å². The second-order valence-electron chi connectivity index (χ2n) is 12.3. The molecule has 0 bridgehead atoms. The molecule has 2 N–H and O–H groups in total. The molecule has 5 aromatic carbocycles. The normalized spacial score (nSPS) is 18.9. The van der Waals surface area contributed by atoms with Crippen LogP contribution in [-0.2, 0) is 0 Å². The van der Waals surface area contributed by atoms with E-state index in [1.54, 1.807) is 0 Å². The van der Waals surface area contributed by atoms with E-state index in [2.05, 4.69) is 168 Å². The summed E-state index contributed by atoms with van der Waals surface area (Å²) in [5, 5.41) is 6.52. The summed E-state index contributed by atoms with van der Waals surface area (Å²) in [6.07, 6.45) is 16.4. The van der Waals surface area contributed by atoms with Gasteiger partial charge in [0.2, 0.25) is 0 Å². The summed E-state index contributed by atoms with van der Waals surface area (Å²) in [6.45, 7) is 0. The first-order chi connectivity index (χ1) is 22.3. The molecule has 1 aromatic heterocycles. The van der Waals surface area contributed by atoms with Gasteiger partial charge in [0.25, 0.3) is 0 Å². The van der Waals surface area contributed by atoms with E-state index < -0.39 is 5.41 Å². The van der Waals surface area contributed by atoms with Crippen molar-refractivity contribution < 1.29 is 0 Å².